The number of aromatic carboxylic acids is 1. The summed E-state index contributed by atoms with van der Waals surface area (Å²) in [6, 6.07) is 2.84. The van der Waals surface area contributed by atoms with Crippen molar-refractivity contribution >= 4 is 11.9 Å². The smallest absolute Gasteiger partial charge is 0.335 e. The zero-order valence-corrected chi connectivity index (χ0v) is 10.2. The molecule has 0 aliphatic carbocycles. The lowest BCUT2D eigenvalue weighted by molar-refractivity contribution is -0.122. The van der Waals surface area contributed by atoms with Crippen LogP contribution in [0.5, 0.6) is 0 Å². The lowest BCUT2D eigenvalue weighted by Gasteiger charge is -2.05. The summed E-state index contributed by atoms with van der Waals surface area (Å²) in [6.07, 6.45) is 1.69. The van der Waals surface area contributed by atoms with Gasteiger partial charge in [0.2, 0.25) is 5.91 Å². The van der Waals surface area contributed by atoms with Gasteiger partial charge in [-0.3, -0.25) is 9.78 Å². The molecule has 1 aromatic rings. The second-order valence-electron chi connectivity index (χ2n) is 3.56. The molecule has 0 bridgehead atoms. The Labute approximate surface area is 105 Å². The maximum atomic E-state index is 11.4. The molecule has 98 valence electrons. The normalized spacial score (nSPS) is 10.1. The maximum Gasteiger partial charge on any atom is 0.335 e. The minimum absolute atomic E-state index is 0.147. The first-order valence-electron chi connectivity index (χ1n) is 5.66. The Bertz CT molecular complexity index is 420. The van der Waals surface area contributed by atoms with E-state index in [1.807, 2.05) is 6.92 Å². The zero-order chi connectivity index (χ0) is 13.4. The number of ether oxygens (including phenoxy) is 1. The molecule has 0 saturated heterocycles. The van der Waals surface area contributed by atoms with Gasteiger partial charge >= 0.3 is 5.97 Å². The summed E-state index contributed by atoms with van der Waals surface area (Å²) in [4.78, 5) is 26.1. The third-order valence-electron chi connectivity index (χ3n) is 2.21. The topological polar surface area (TPSA) is 88.5 Å². The first-order chi connectivity index (χ1) is 8.63. The maximum absolute atomic E-state index is 11.4. The number of carboxylic acids is 1. The van der Waals surface area contributed by atoms with Gasteiger partial charge in [0, 0.05) is 19.2 Å². The van der Waals surface area contributed by atoms with Gasteiger partial charge in [-0.1, -0.05) is 0 Å². The van der Waals surface area contributed by atoms with Crippen molar-refractivity contribution < 1.29 is 19.4 Å². The molecule has 1 aromatic heterocycles. The summed E-state index contributed by atoms with van der Waals surface area (Å²) in [7, 11) is 0. The van der Waals surface area contributed by atoms with Gasteiger partial charge in [0.1, 0.15) is 0 Å². The number of hydrogen-bond donors (Lipinski definition) is 2. The third-order valence-corrected chi connectivity index (χ3v) is 2.21. The number of carbonyl (C=O) groups excluding carboxylic acids is 1. The van der Waals surface area contributed by atoms with Crippen LogP contribution in [0.1, 0.15) is 29.4 Å². The first-order valence-corrected chi connectivity index (χ1v) is 5.66. The van der Waals surface area contributed by atoms with Crippen LogP contribution in [0.3, 0.4) is 0 Å². The Morgan fingerprint density at radius 3 is 2.94 bits per heavy atom. The highest BCUT2D eigenvalue weighted by Gasteiger charge is 2.05. The highest BCUT2D eigenvalue weighted by molar-refractivity contribution is 5.87. The van der Waals surface area contributed by atoms with E-state index in [2.05, 4.69) is 10.3 Å². The molecular weight excluding hydrogens is 236 g/mol. The molecule has 0 atom stereocenters. The number of aromatic nitrogens is 1. The van der Waals surface area contributed by atoms with Gasteiger partial charge < -0.3 is 15.2 Å². The highest BCUT2D eigenvalue weighted by atomic mass is 16.5. The lowest BCUT2D eigenvalue weighted by Crippen LogP contribution is -2.24. The minimum Gasteiger partial charge on any atom is -0.478 e. The molecule has 6 heteroatoms. The van der Waals surface area contributed by atoms with Crippen molar-refractivity contribution in [3.8, 4) is 0 Å². The summed E-state index contributed by atoms with van der Waals surface area (Å²) < 4.78 is 5.05. The van der Waals surface area contributed by atoms with Crippen molar-refractivity contribution in [2.45, 2.75) is 19.9 Å². The number of carbonyl (C=O) groups is 2. The highest BCUT2D eigenvalue weighted by Crippen LogP contribution is 2.01. The third kappa shape index (κ3) is 4.92. The first kappa shape index (κ1) is 14.1. The van der Waals surface area contributed by atoms with E-state index in [-0.39, 0.29) is 24.4 Å². The Morgan fingerprint density at radius 2 is 2.28 bits per heavy atom. The zero-order valence-electron chi connectivity index (χ0n) is 10.2. The summed E-state index contributed by atoms with van der Waals surface area (Å²) in [5.41, 5.74) is 0.670. The Kier molecular flexibility index (Phi) is 5.79. The van der Waals surface area contributed by atoms with Gasteiger partial charge in [-0.2, -0.15) is 0 Å². The lowest BCUT2D eigenvalue weighted by atomic mass is 10.2. The number of hydrogen-bond acceptors (Lipinski definition) is 4. The van der Waals surface area contributed by atoms with Crippen molar-refractivity contribution in [3.63, 3.8) is 0 Å². The van der Waals surface area contributed by atoms with Gasteiger partial charge in [0.05, 0.1) is 24.4 Å². The van der Waals surface area contributed by atoms with Gasteiger partial charge in [0.25, 0.3) is 0 Å². The van der Waals surface area contributed by atoms with Crippen LogP contribution in [0.25, 0.3) is 0 Å². The molecule has 0 spiro atoms. The molecule has 0 aliphatic rings. The van der Waals surface area contributed by atoms with E-state index in [1.54, 1.807) is 0 Å². The van der Waals surface area contributed by atoms with Crippen LogP contribution >= 0.6 is 0 Å². The van der Waals surface area contributed by atoms with E-state index in [0.717, 1.165) is 0 Å². The largest absolute Gasteiger partial charge is 0.478 e. The van der Waals surface area contributed by atoms with Crippen molar-refractivity contribution in [2.75, 3.05) is 13.2 Å². The molecule has 1 amide bonds. The van der Waals surface area contributed by atoms with E-state index in [0.29, 0.717) is 18.9 Å². The van der Waals surface area contributed by atoms with E-state index in [4.69, 9.17) is 9.84 Å². The fourth-order valence-electron chi connectivity index (χ4n) is 1.29. The molecule has 1 rings (SSSR count). The van der Waals surface area contributed by atoms with E-state index in [1.165, 1.54) is 18.3 Å². The second-order valence-corrected chi connectivity index (χ2v) is 3.56. The number of nitrogens with zero attached hydrogens (tertiary/aromatic N) is 1. The van der Waals surface area contributed by atoms with Crippen LogP contribution < -0.4 is 5.32 Å². The van der Waals surface area contributed by atoms with E-state index in [9.17, 15) is 9.59 Å². The molecule has 0 unspecified atom stereocenters. The molecule has 6 nitrogen and oxygen atoms in total. The molecule has 0 radical (unpaired) electrons. The summed E-state index contributed by atoms with van der Waals surface area (Å²) in [6.45, 7) is 3.03. The van der Waals surface area contributed by atoms with Gasteiger partial charge in [-0.25, -0.2) is 4.79 Å². The predicted molar refractivity (Wildman–Crippen MR) is 64.2 cm³/mol. The number of rotatable bonds is 7. The quantitative estimate of drug-likeness (QED) is 0.701. The second kappa shape index (κ2) is 7.39. The van der Waals surface area contributed by atoms with Crippen LogP contribution in [-0.4, -0.2) is 35.2 Å². The average Bonchev–Trinajstić information content (AvgIpc) is 2.37. The average molecular weight is 252 g/mol. The molecule has 2 N–H and O–H groups in total. The molecule has 0 fully saturated rings. The van der Waals surface area contributed by atoms with Crippen LogP contribution in [-0.2, 0) is 16.1 Å². The van der Waals surface area contributed by atoms with Gasteiger partial charge in [-0.15, -0.1) is 0 Å². The number of carboxylic acid groups (broad SMARTS) is 1. The molecule has 0 saturated carbocycles. The van der Waals surface area contributed by atoms with Crippen molar-refractivity contribution in [3.05, 3.63) is 29.6 Å². The van der Waals surface area contributed by atoms with E-state index < -0.39 is 5.97 Å². The number of pyridine rings is 1. The monoisotopic (exact) mass is 252 g/mol. The summed E-state index contributed by atoms with van der Waals surface area (Å²) in [5.74, 6) is -1.16. The fraction of sp³-hybridized carbons (Fsp3) is 0.417. The standard InChI is InChI=1S/C12H16N2O4/c1-2-18-6-4-11(15)14-8-10-7-9(12(16)17)3-5-13-10/h3,5,7H,2,4,6,8H2,1H3,(H,14,15)(H,16,17). The minimum atomic E-state index is -1.01. The fourth-order valence-corrected chi connectivity index (χ4v) is 1.29. The number of nitrogens with one attached hydrogen (secondary N) is 1. The molecule has 0 aromatic carbocycles. The Morgan fingerprint density at radius 1 is 1.50 bits per heavy atom. The summed E-state index contributed by atoms with van der Waals surface area (Å²) in [5, 5.41) is 11.4. The molecule has 0 aliphatic heterocycles. The molecule has 18 heavy (non-hydrogen) atoms. The van der Waals surface area contributed by atoms with Crippen LogP contribution in [0.15, 0.2) is 18.3 Å². The SMILES string of the molecule is CCOCCC(=O)NCc1cc(C(=O)O)ccn1. The summed E-state index contributed by atoms with van der Waals surface area (Å²) >= 11 is 0. The van der Waals surface area contributed by atoms with Gasteiger partial charge in [-0.05, 0) is 19.1 Å². The Balaban J connectivity index is 2.41. The number of amides is 1. The van der Waals surface area contributed by atoms with Crippen LogP contribution in [0.4, 0.5) is 0 Å². The van der Waals surface area contributed by atoms with E-state index >= 15 is 0 Å². The van der Waals surface area contributed by atoms with Crippen molar-refractivity contribution in [2.24, 2.45) is 0 Å². The Hall–Kier alpha value is -1.95. The van der Waals surface area contributed by atoms with Gasteiger partial charge in [0.15, 0.2) is 0 Å². The molecule has 1 heterocycles. The predicted octanol–water partition coefficient (Wildman–Crippen LogP) is 0.823. The van der Waals surface area contributed by atoms with Crippen molar-refractivity contribution in [1.82, 2.24) is 10.3 Å². The van der Waals surface area contributed by atoms with Crippen LogP contribution in [0, 0.1) is 0 Å². The van der Waals surface area contributed by atoms with Crippen molar-refractivity contribution in [1.29, 1.82) is 0 Å². The van der Waals surface area contributed by atoms with Crippen LogP contribution in [0.2, 0.25) is 0 Å². The molecular formula is C12H16N2O4.